The maximum atomic E-state index is 5.30. The Labute approximate surface area is 128 Å². The second-order valence-corrected chi connectivity index (χ2v) is 25.8. The van der Waals surface area contributed by atoms with Crippen molar-refractivity contribution in [2.24, 2.45) is 0 Å². The Hall–Kier alpha value is 0.777. The summed E-state index contributed by atoms with van der Waals surface area (Å²) in [6.07, 6.45) is 1.08. The van der Waals surface area contributed by atoms with E-state index in [1.807, 2.05) is 0 Å². The average Bonchev–Trinajstić information content (AvgIpc) is 2.28. The van der Waals surface area contributed by atoms with Gasteiger partial charge in [0, 0.05) is 0 Å². The fourth-order valence-corrected chi connectivity index (χ4v) is 1.31. The number of rotatable bonds is 0. The van der Waals surface area contributed by atoms with Crippen LogP contribution in [0.1, 0.15) is 11.1 Å². The molecule has 0 saturated heterocycles. The van der Waals surface area contributed by atoms with E-state index in [9.17, 15) is 0 Å². The van der Waals surface area contributed by atoms with Crippen LogP contribution in [-0.2, 0) is 17.8 Å². The third kappa shape index (κ3) is 11.8. The van der Waals surface area contributed by atoms with Crippen LogP contribution in [0.4, 0.5) is 0 Å². The minimum Gasteiger partial charge on any atom is -0.376 e. The molecular weight excluding hydrogens is 434 g/mol. The van der Waals surface area contributed by atoms with Crippen molar-refractivity contribution in [2.45, 2.75) is 42.7 Å². The molecule has 1 aliphatic heterocycles. The van der Waals surface area contributed by atoms with Crippen LogP contribution in [0, 0.1) is 0 Å². The van der Waals surface area contributed by atoms with E-state index in [1.54, 1.807) is 0 Å². The molecule has 0 fully saturated rings. The van der Waals surface area contributed by atoms with Crippen LogP contribution in [0.15, 0.2) is 24.3 Å². The number of benzene rings is 1. The van der Waals surface area contributed by atoms with Gasteiger partial charge in [0.2, 0.25) is 0 Å². The van der Waals surface area contributed by atoms with Gasteiger partial charge in [-0.2, -0.15) is 0 Å². The van der Waals surface area contributed by atoms with Gasteiger partial charge < -0.3 is 4.74 Å². The Morgan fingerprint density at radius 2 is 1.28 bits per heavy atom. The number of hydrogen-bond donors (Lipinski definition) is 0. The zero-order valence-corrected chi connectivity index (χ0v) is 19.6. The molecule has 18 heavy (non-hydrogen) atoms. The summed E-state index contributed by atoms with van der Waals surface area (Å²) in [4.78, 5) is 14.3. The summed E-state index contributed by atoms with van der Waals surface area (Å²) in [5.74, 6) is 0. The van der Waals surface area contributed by atoms with Gasteiger partial charge >= 0.3 is 69.2 Å². The van der Waals surface area contributed by atoms with Gasteiger partial charge in [-0.15, -0.1) is 0 Å². The molecule has 0 atom stereocenters. The molecule has 1 nitrogen and oxygen atoms in total. The van der Waals surface area contributed by atoms with Gasteiger partial charge in [0.25, 0.3) is 0 Å². The predicted octanol–water partition coefficient (Wildman–Crippen LogP) is 3.97. The summed E-state index contributed by atoms with van der Waals surface area (Å²) in [6, 6.07) is 8.46. The van der Waals surface area contributed by atoms with Crippen molar-refractivity contribution in [3.05, 3.63) is 35.4 Å². The largest absolute Gasteiger partial charge is 0.376 e. The minimum absolute atomic E-state index is 0.637. The van der Waals surface area contributed by atoms with Gasteiger partial charge in [-0.05, 0) is 17.5 Å². The van der Waals surface area contributed by atoms with E-state index in [0.29, 0.717) is 0 Å². The molecule has 0 radical (unpaired) electrons. The molecule has 1 heterocycles. The molecule has 0 aliphatic carbocycles. The van der Waals surface area contributed by atoms with E-state index < -0.39 is 39.5 Å². The van der Waals surface area contributed by atoms with Gasteiger partial charge in [0.05, 0.1) is 13.2 Å². The number of ether oxygens (including phenoxy) is 1. The third-order valence-electron chi connectivity index (χ3n) is 1.89. The summed E-state index contributed by atoms with van der Waals surface area (Å²) in [6.45, 7) is 1.69. The summed E-state index contributed by atoms with van der Waals surface area (Å²) in [5, 5.41) is 0. The SMILES string of the molecule is [CH3][SnH]([CH3])[CH3].[CH3][SnH]([CH3])[CH3].c1ccc2c(c1)CCOC2. The first-order valence-corrected chi connectivity index (χ1v) is 26.8. The van der Waals surface area contributed by atoms with Crippen molar-refractivity contribution in [1.82, 2.24) is 0 Å². The Bertz CT molecular complexity index is 275. The van der Waals surface area contributed by atoms with Crippen LogP contribution in [0.25, 0.3) is 0 Å². The number of fused-ring (bicyclic) bond motifs is 1. The fourth-order valence-electron chi connectivity index (χ4n) is 1.31. The zero-order chi connectivity index (χ0) is 14.0. The smallest absolute Gasteiger partial charge is 0.0719 e. The van der Waals surface area contributed by atoms with Gasteiger partial charge in [-0.3, -0.25) is 0 Å². The summed E-state index contributed by atoms with van der Waals surface area (Å²) in [7, 11) is 0. The van der Waals surface area contributed by atoms with Crippen LogP contribution in [0.2, 0.25) is 29.6 Å². The van der Waals surface area contributed by atoms with E-state index >= 15 is 0 Å². The van der Waals surface area contributed by atoms with Crippen molar-refractivity contribution in [3.8, 4) is 0 Å². The quantitative estimate of drug-likeness (QED) is 0.529. The standard InChI is InChI=1S/C9H10O.6CH3.2Sn.2H/c1-2-4-9-7-10-6-5-8(9)3-1;;;;;;;;;;/h1-4H,5-7H2;6*1H3;;;;. The molecule has 0 aromatic heterocycles. The van der Waals surface area contributed by atoms with Crippen molar-refractivity contribution >= 4 is 39.5 Å². The van der Waals surface area contributed by atoms with Crippen LogP contribution in [0.3, 0.4) is 0 Å². The topological polar surface area (TPSA) is 9.23 Å². The maximum absolute atomic E-state index is 5.30. The van der Waals surface area contributed by atoms with Crippen LogP contribution < -0.4 is 0 Å². The minimum atomic E-state index is -0.637. The van der Waals surface area contributed by atoms with Crippen molar-refractivity contribution in [3.63, 3.8) is 0 Å². The summed E-state index contributed by atoms with van der Waals surface area (Å²) >= 11 is -1.27. The van der Waals surface area contributed by atoms with Crippen LogP contribution in [0.5, 0.6) is 0 Å². The molecule has 1 aromatic carbocycles. The van der Waals surface area contributed by atoms with E-state index in [-0.39, 0.29) is 0 Å². The van der Waals surface area contributed by atoms with Gasteiger partial charge in [-0.25, -0.2) is 0 Å². The molecule has 1 aromatic rings. The normalized spacial score (nSPS) is 13.1. The van der Waals surface area contributed by atoms with Gasteiger partial charge in [0.1, 0.15) is 0 Å². The Morgan fingerprint density at radius 3 is 1.72 bits per heavy atom. The molecule has 0 N–H and O–H groups in total. The second-order valence-electron chi connectivity index (χ2n) is 6.04. The van der Waals surface area contributed by atoms with E-state index in [4.69, 9.17) is 4.74 Å². The van der Waals surface area contributed by atoms with E-state index in [0.717, 1.165) is 19.6 Å². The first-order chi connectivity index (χ1) is 8.43. The third-order valence-corrected chi connectivity index (χ3v) is 1.89. The number of hydrogen-bond acceptors (Lipinski definition) is 1. The maximum Gasteiger partial charge on any atom is 0.0719 e. The molecule has 0 amide bonds. The first-order valence-electron chi connectivity index (χ1n) is 7.08. The first kappa shape index (κ1) is 18.8. The zero-order valence-electron chi connectivity index (χ0n) is 13.0. The Kier molecular flexibility index (Phi) is 12.1. The van der Waals surface area contributed by atoms with Crippen LogP contribution in [-0.4, -0.2) is 46.1 Å². The monoisotopic (exact) mass is 466 g/mol. The fraction of sp³-hybridized carbons (Fsp3) is 0.600. The molecule has 3 heteroatoms. The van der Waals surface area contributed by atoms with Crippen molar-refractivity contribution < 1.29 is 4.74 Å². The summed E-state index contributed by atoms with van der Waals surface area (Å²) in [5.41, 5.74) is 2.81. The molecule has 0 saturated carbocycles. The molecular formula is C15H30OSn2. The molecule has 0 bridgehead atoms. The average molecular weight is 464 g/mol. The van der Waals surface area contributed by atoms with E-state index in [1.165, 1.54) is 11.1 Å². The van der Waals surface area contributed by atoms with Crippen molar-refractivity contribution in [1.29, 1.82) is 0 Å². The molecule has 0 spiro atoms. The van der Waals surface area contributed by atoms with Gasteiger partial charge in [-0.1, -0.05) is 24.3 Å². The molecule has 104 valence electrons. The van der Waals surface area contributed by atoms with Crippen molar-refractivity contribution in [2.75, 3.05) is 6.61 Å². The molecule has 2 rings (SSSR count). The Morgan fingerprint density at radius 1 is 0.833 bits per heavy atom. The van der Waals surface area contributed by atoms with E-state index in [2.05, 4.69) is 53.9 Å². The molecule has 0 unspecified atom stereocenters. The predicted molar refractivity (Wildman–Crippen MR) is 89.3 cm³/mol. The Balaban J connectivity index is 0.000000307. The summed E-state index contributed by atoms with van der Waals surface area (Å²) < 4.78 is 5.30. The van der Waals surface area contributed by atoms with Gasteiger partial charge in [0.15, 0.2) is 0 Å². The second kappa shape index (κ2) is 11.6. The van der Waals surface area contributed by atoms with Crippen LogP contribution >= 0.6 is 0 Å². The molecule has 1 aliphatic rings.